The van der Waals surface area contributed by atoms with Gasteiger partial charge in [-0.1, -0.05) is 91.0 Å². The van der Waals surface area contributed by atoms with Crippen LogP contribution >= 0.6 is 0 Å². The van der Waals surface area contributed by atoms with Crippen molar-refractivity contribution < 1.29 is 13.4 Å². The summed E-state index contributed by atoms with van der Waals surface area (Å²) in [6, 6.07) is 31.4. The maximum absolute atomic E-state index is 14.3. The third kappa shape index (κ3) is 10.1. The Kier molecular flexibility index (Phi) is 15.0. The van der Waals surface area contributed by atoms with E-state index in [1.165, 1.54) is 30.4 Å². The van der Waals surface area contributed by atoms with Crippen molar-refractivity contribution in [3.05, 3.63) is 139 Å². The molecule has 9 nitrogen and oxygen atoms in total. The number of hydrogen-bond donors (Lipinski definition) is 0. The minimum atomic E-state index is -0.488. The summed E-state index contributed by atoms with van der Waals surface area (Å²) in [6.07, 6.45) is 0.664. The van der Waals surface area contributed by atoms with E-state index in [9.17, 15) is 14.4 Å². The van der Waals surface area contributed by atoms with Crippen molar-refractivity contribution in [3.8, 4) is 0 Å². The molecule has 4 aromatic rings. The molecular weight excluding hydrogens is 649 g/mol. The van der Waals surface area contributed by atoms with Crippen LogP contribution in [0.2, 0.25) is 0 Å². The number of nitrogens with zero attached hydrogens (tertiary/aromatic N) is 6. The van der Waals surface area contributed by atoms with Crippen molar-refractivity contribution in [3.63, 3.8) is 0 Å². The van der Waals surface area contributed by atoms with Crippen LogP contribution in [0.5, 0.6) is 0 Å². The highest BCUT2D eigenvalue weighted by atomic mass is 16.2. The highest BCUT2D eigenvalue weighted by Gasteiger charge is 2.29. The zero-order chi connectivity index (χ0) is 37.6. The highest BCUT2D eigenvalue weighted by molar-refractivity contribution is 5.15. The minimum absolute atomic E-state index is 0.260. The summed E-state index contributed by atoms with van der Waals surface area (Å²) in [7, 11) is 0. The van der Waals surface area contributed by atoms with Gasteiger partial charge in [-0.15, -0.1) is 0 Å². The van der Waals surface area contributed by atoms with E-state index in [2.05, 4.69) is 114 Å². The maximum Gasteiger partial charge on any atom is 0.336 e. The Hall–Kier alpha value is -4.05. The first-order chi connectivity index (χ1) is 25.1. The fraction of sp³-hybridized carbons (Fsp3) is 0.512. The summed E-state index contributed by atoms with van der Waals surface area (Å²) in [6.45, 7) is 23.9. The monoisotopic (exact) mass is 714 g/mol. The Balaban J connectivity index is 1.69. The molecule has 1 heterocycles. The third-order valence-corrected chi connectivity index (χ3v) is 12.1. The summed E-state index contributed by atoms with van der Waals surface area (Å²) < 4.78 is 6.43. The van der Waals surface area contributed by atoms with Crippen LogP contribution < -0.4 is 17.1 Å². The molecule has 0 spiro atoms. The Morgan fingerprint density at radius 2 is 0.654 bits per heavy atom. The van der Waals surface area contributed by atoms with Gasteiger partial charge in [0.15, 0.2) is 0 Å². The molecule has 0 bridgehead atoms. The molecule has 0 radical (unpaired) electrons. The summed E-state index contributed by atoms with van der Waals surface area (Å²) in [4.78, 5) is 42.8. The molecule has 0 fully saturated rings. The highest BCUT2D eigenvalue weighted by Crippen LogP contribution is 2.17. The molecule has 0 N–H and O–H groups in total. The van der Waals surface area contributed by atoms with Crippen LogP contribution in [-0.2, 0) is 39.3 Å². The zero-order valence-electron chi connectivity index (χ0n) is 32.9. The maximum atomic E-state index is 14.3. The lowest BCUT2D eigenvalue weighted by Gasteiger charge is -2.38. The summed E-state index contributed by atoms with van der Waals surface area (Å²) >= 11 is 0. The summed E-state index contributed by atoms with van der Waals surface area (Å²) in [5.41, 5.74) is 2.29. The van der Waals surface area contributed by atoms with E-state index in [-0.39, 0.29) is 19.6 Å². The third-order valence-electron chi connectivity index (χ3n) is 12.1. The molecule has 0 amide bonds. The van der Waals surface area contributed by atoms with Gasteiger partial charge >= 0.3 is 17.1 Å². The SMILES string of the molecule is CC[N+](CC)(CCCn1c(=O)n(CC[N+](CC)(CC)Cc2ccccc2)c(=O)n(CC[N+](CC)(CC)Cc2ccccc2)c1=O)Cc1ccccc1. The standard InChI is InChI=1S/C43H65N6O3/c1-7-47(8-2,35-38-23-16-13-17-24-38)32-22-29-44-41(50)45(30-33-48(9-3,10-4)36-39-25-18-14-19-26-39)43(52)46(42(44)51)31-34-49(11-5,12-6)37-40-27-20-15-21-28-40/h13-21,23-28H,7-12,22,29-37H2,1-6H3/q+3. The van der Waals surface area contributed by atoms with Gasteiger partial charge < -0.3 is 13.4 Å². The molecule has 282 valence electrons. The topological polar surface area (TPSA) is 66.0 Å². The molecule has 0 aliphatic rings. The number of likely N-dealkylation sites (N-methyl/N-ethyl adjacent to an activating group) is 2. The second kappa shape index (κ2) is 19.1. The molecule has 52 heavy (non-hydrogen) atoms. The van der Waals surface area contributed by atoms with E-state index < -0.39 is 17.1 Å². The van der Waals surface area contributed by atoms with Gasteiger partial charge in [-0.05, 0) is 41.5 Å². The van der Waals surface area contributed by atoms with Crippen LogP contribution in [0.4, 0.5) is 0 Å². The molecule has 0 saturated carbocycles. The Labute approximate surface area is 311 Å². The smallest absolute Gasteiger partial charge is 0.320 e. The van der Waals surface area contributed by atoms with Gasteiger partial charge in [-0.2, -0.15) is 0 Å². The minimum Gasteiger partial charge on any atom is -0.320 e. The second-order valence-electron chi connectivity index (χ2n) is 14.7. The van der Waals surface area contributed by atoms with Crippen LogP contribution in [-0.4, -0.2) is 86.1 Å². The largest absolute Gasteiger partial charge is 0.336 e. The molecule has 4 rings (SSSR count). The molecule has 0 aliphatic carbocycles. The molecule has 0 aliphatic heterocycles. The van der Waals surface area contributed by atoms with Gasteiger partial charge in [0.25, 0.3) is 0 Å². The molecular formula is C43H65N6O3+3. The van der Waals surface area contributed by atoms with Crippen molar-refractivity contribution in [2.24, 2.45) is 0 Å². The lowest BCUT2D eigenvalue weighted by atomic mass is 10.1. The van der Waals surface area contributed by atoms with Crippen molar-refractivity contribution in [2.75, 3.05) is 58.9 Å². The van der Waals surface area contributed by atoms with Crippen molar-refractivity contribution in [2.45, 2.75) is 87.2 Å². The normalized spacial score (nSPS) is 12.3. The van der Waals surface area contributed by atoms with E-state index >= 15 is 0 Å². The average Bonchev–Trinajstić information content (AvgIpc) is 3.18. The Morgan fingerprint density at radius 1 is 0.385 bits per heavy atom. The fourth-order valence-corrected chi connectivity index (χ4v) is 7.88. The number of aromatic nitrogens is 3. The van der Waals surface area contributed by atoms with Gasteiger partial charge in [0.1, 0.15) is 19.6 Å². The second-order valence-corrected chi connectivity index (χ2v) is 14.7. The van der Waals surface area contributed by atoms with Crippen LogP contribution in [0.25, 0.3) is 0 Å². The number of benzene rings is 3. The van der Waals surface area contributed by atoms with Gasteiger partial charge in [-0.3, -0.25) is 0 Å². The van der Waals surface area contributed by atoms with E-state index in [1.807, 2.05) is 18.2 Å². The summed E-state index contributed by atoms with van der Waals surface area (Å²) in [5.74, 6) is 0. The van der Waals surface area contributed by atoms with Crippen LogP contribution in [0.15, 0.2) is 105 Å². The zero-order valence-corrected chi connectivity index (χ0v) is 32.9. The van der Waals surface area contributed by atoms with Gasteiger partial charge in [0, 0.05) is 29.7 Å². The molecule has 1 aromatic heterocycles. The number of hydrogen-bond acceptors (Lipinski definition) is 3. The van der Waals surface area contributed by atoms with Gasteiger partial charge in [0.05, 0.1) is 72.0 Å². The van der Waals surface area contributed by atoms with E-state index in [0.29, 0.717) is 19.5 Å². The molecule has 0 saturated heterocycles. The lowest BCUT2D eigenvalue weighted by Crippen LogP contribution is -2.59. The number of rotatable bonds is 22. The first-order valence-electron chi connectivity index (χ1n) is 19.7. The van der Waals surface area contributed by atoms with E-state index in [0.717, 1.165) is 78.9 Å². The van der Waals surface area contributed by atoms with Crippen LogP contribution in [0, 0.1) is 0 Å². The van der Waals surface area contributed by atoms with Crippen LogP contribution in [0.3, 0.4) is 0 Å². The molecule has 9 heteroatoms. The van der Waals surface area contributed by atoms with Gasteiger partial charge in [-0.25, -0.2) is 28.1 Å². The van der Waals surface area contributed by atoms with E-state index in [1.54, 1.807) is 0 Å². The molecule has 0 atom stereocenters. The van der Waals surface area contributed by atoms with Crippen LogP contribution in [0.1, 0.15) is 64.7 Å². The fourth-order valence-electron chi connectivity index (χ4n) is 7.88. The van der Waals surface area contributed by atoms with Crippen molar-refractivity contribution in [1.29, 1.82) is 0 Å². The summed E-state index contributed by atoms with van der Waals surface area (Å²) in [5, 5.41) is 0. The van der Waals surface area contributed by atoms with Crippen molar-refractivity contribution in [1.82, 2.24) is 13.7 Å². The Morgan fingerprint density at radius 3 is 0.942 bits per heavy atom. The first-order valence-corrected chi connectivity index (χ1v) is 19.7. The average molecular weight is 714 g/mol. The van der Waals surface area contributed by atoms with Gasteiger partial charge in [0.2, 0.25) is 0 Å². The lowest BCUT2D eigenvalue weighted by molar-refractivity contribution is -0.938. The quantitative estimate of drug-likeness (QED) is 0.0978. The predicted octanol–water partition coefficient (Wildman–Crippen LogP) is 5.73. The molecule has 0 unspecified atom stereocenters. The Bertz CT molecular complexity index is 1720. The van der Waals surface area contributed by atoms with Crippen molar-refractivity contribution >= 4 is 0 Å². The van der Waals surface area contributed by atoms with E-state index in [4.69, 9.17) is 0 Å². The predicted molar refractivity (Wildman–Crippen MR) is 213 cm³/mol. The molecule has 3 aromatic carbocycles. The first kappa shape index (κ1) is 40.7. The number of quaternary nitrogens is 3.